The van der Waals surface area contributed by atoms with E-state index < -0.39 is 61.1 Å². The van der Waals surface area contributed by atoms with Crippen molar-refractivity contribution in [1.82, 2.24) is 19.2 Å². The average molecular weight is 623 g/mol. The lowest BCUT2D eigenvalue weighted by Gasteiger charge is -2.44. The molecule has 1 saturated heterocycles. The molecule has 3 aromatic rings. The Kier molecular flexibility index (Phi) is 9.33. The van der Waals surface area contributed by atoms with Gasteiger partial charge in [-0.1, -0.05) is 0 Å². The highest BCUT2D eigenvalue weighted by atomic mass is 32.1. The summed E-state index contributed by atoms with van der Waals surface area (Å²) in [4.78, 5) is 52.3. The molecule has 0 bridgehead atoms. The van der Waals surface area contributed by atoms with Gasteiger partial charge in [-0.3, -0.25) is 23.7 Å². The largest absolute Gasteiger partial charge is 0.497 e. The van der Waals surface area contributed by atoms with Crippen LogP contribution in [0.3, 0.4) is 0 Å². The summed E-state index contributed by atoms with van der Waals surface area (Å²) >= 11 is 11.2. The van der Waals surface area contributed by atoms with Crippen molar-refractivity contribution in [3.8, 4) is 17.2 Å². The lowest BCUT2D eigenvalue weighted by Crippen LogP contribution is -2.60. The van der Waals surface area contributed by atoms with Gasteiger partial charge in [-0.2, -0.15) is 9.50 Å². The minimum absolute atomic E-state index is 0.0438. The second kappa shape index (κ2) is 12.7. The lowest BCUT2D eigenvalue weighted by atomic mass is 9.97. The number of esters is 4. The Morgan fingerprint density at radius 2 is 1.48 bits per heavy atom. The van der Waals surface area contributed by atoms with Crippen molar-refractivity contribution in [2.24, 2.45) is 0 Å². The average Bonchev–Trinajstić information content (AvgIpc) is 3.34. The summed E-state index contributed by atoms with van der Waals surface area (Å²) in [6.07, 6.45) is -6.87. The van der Waals surface area contributed by atoms with Crippen molar-refractivity contribution in [2.75, 3.05) is 13.7 Å². The number of hydrogen-bond acceptors (Lipinski definition) is 15. The Morgan fingerprint density at radius 3 is 2.05 bits per heavy atom. The van der Waals surface area contributed by atoms with Crippen molar-refractivity contribution < 1.29 is 52.0 Å². The Hall–Kier alpha value is -4.22. The first-order valence-corrected chi connectivity index (χ1v) is 13.2. The van der Waals surface area contributed by atoms with E-state index in [1.165, 1.54) is 23.1 Å². The van der Waals surface area contributed by atoms with Crippen LogP contribution in [-0.2, 0) is 42.9 Å². The van der Waals surface area contributed by atoms with Gasteiger partial charge in [0, 0.05) is 33.3 Å². The molecule has 42 heavy (non-hydrogen) atoms. The fraction of sp³-hybridized carbons (Fsp3) is 0.440. The molecule has 0 unspecified atom stereocenters. The van der Waals surface area contributed by atoms with Crippen LogP contribution in [0.2, 0.25) is 0 Å². The third-order valence-corrected chi connectivity index (χ3v) is 6.56. The summed E-state index contributed by atoms with van der Waals surface area (Å²) in [5, 5.41) is 4.41. The van der Waals surface area contributed by atoms with Crippen LogP contribution < -0.4 is 4.74 Å². The van der Waals surface area contributed by atoms with Crippen molar-refractivity contribution >= 4 is 54.2 Å². The number of ether oxygens (including phenoxy) is 6. The summed E-state index contributed by atoms with van der Waals surface area (Å²) in [5.74, 6) is -2.25. The van der Waals surface area contributed by atoms with E-state index in [-0.39, 0.29) is 21.3 Å². The highest BCUT2D eigenvalue weighted by molar-refractivity contribution is 7.72. The first-order valence-electron chi connectivity index (χ1n) is 12.4. The minimum atomic E-state index is -1.45. The Bertz CT molecular complexity index is 1630. The third-order valence-electron chi connectivity index (χ3n) is 5.90. The molecular weight excluding hydrogens is 596 g/mol. The fourth-order valence-electron chi connectivity index (χ4n) is 4.28. The summed E-state index contributed by atoms with van der Waals surface area (Å²) in [7, 11) is 1.54. The van der Waals surface area contributed by atoms with Gasteiger partial charge in [-0.25, -0.2) is 0 Å². The monoisotopic (exact) mass is 622 g/mol. The van der Waals surface area contributed by atoms with E-state index in [0.717, 1.165) is 20.8 Å². The van der Waals surface area contributed by atoms with Crippen molar-refractivity contribution in [3.63, 3.8) is 0 Å². The standard InChI is InChI=1S/C25H26N4O11S2/c1-11(30)35-10-17-18(36-12(2)31)19(37-13(3)32)20(38-14(4)33)22(39-17)28-24(41)26-23-29(25(28)42)27-21(40-23)15-6-8-16(34-5)9-7-15/h6-9,17-20,22H,10H2,1-5H3/t17-,18-,19+,20-,22-/m1/s1. The van der Waals surface area contributed by atoms with E-state index in [2.05, 4.69) is 10.1 Å². The van der Waals surface area contributed by atoms with Gasteiger partial charge in [0.25, 0.3) is 0 Å². The number of rotatable bonds is 8. The third kappa shape index (κ3) is 6.63. The second-order valence-corrected chi connectivity index (χ2v) is 9.70. The summed E-state index contributed by atoms with van der Waals surface area (Å²) in [6.45, 7) is 4.10. The number of hydrogen-bond donors (Lipinski definition) is 0. The highest BCUT2D eigenvalue weighted by Gasteiger charge is 2.53. The summed E-state index contributed by atoms with van der Waals surface area (Å²) in [5.41, 5.74) is 0.584. The van der Waals surface area contributed by atoms with Crippen LogP contribution in [0.15, 0.2) is 28.7 Å². The topological polar surface area (TPSA) is 172 Å². The van der Waals surface area contributed by atoms with Crippen LogP contribution in [-0.4, -0.2) is 81.2 Å². The number of aromatic nitrogens is 4. The number of carbonyl (C=O) groups is 4. The van der Waals surface area contributed by atoms with E-state index >= 15 is 0 Å². The highest BCUT2D eigenvalue weighted by Crippen LogP contribution is 2.35. The van der Waals surface area contributed by atoms with Gasteiger partial charge in [-0.05, 0) is 48.7 Å². The molecule has 1 fully saturated rings. The van der Waals surface area contributed by atoms with Crippen molar-refractivity contribution in [1.29, 1.82) is 0 Å². The van der Waals surface area contributed by atoms with Gasteiger partial charge in [0.2, 0.25) is 15.4 Å². The quantitative estimate of drug-likeness (QED) is 0.204. The molecule has 4 rings (SSSR count). The van der Waals surface area contributed by atoms with Crippen molar-refractivity contribution in [3.05, 3.63) is 33.8 Å². The molecule has 0 saturated carbocycles. The first kappa shape index (κ1) is 30.7. The van der Waals surface area contributed by atoms with Gasteiger partial charge in [0.15, 0.2) is 24.5 Å². The van der Waals surface area contributed by atoms with Gasteiger partial charge < -0.3 is 32.8 Å². The molecule has 17 heteroatoms. The van der Waals surface area contributed by atoms with Crippen molar-refractivity contribution in [2.45, 2.75) is 58.3 Å². The van der Waals surface area contributed by atoms with E-state index in [4.69, 9.17) is 57.3 Å². The maximum Gasteiger partial charge on any atom is 0.330 e. The molecule has 1 aliphatic rings. The summed E-state index contributed by atoms with van der Waals surface area (Å²) < 4.78 is 40.8. The zero-order valence-corrected chi connectivity index (χ0v) is 24.6. The van der Waals surface area contributed by atoms with Crippen LogP contribution in [0.25, 0.3) is 17.3 Å². The Balaban J connectivity index is 1.87. The SMILES string of the molecule is COc1ccc(-c2nn3c(=S)n([C@@H]4O[C@H](COC(C)=O)[C@@H](OC(C)=O)[C@H](OC(C)=O)[C@H]4OC(C)=O)c(=S)nc3o2)cc1. The molecular formula is C25H26N4O11S2. The van der Waals surface area contributed by atoms with E-state index in [1.807, 2.05) is 0 Å². The minimum Gasteiger partial charge on any atom is -0.497 e. The normalized spacial score (nSPS) is 21.8. The van der Waals surface area contributed by atoms with E-state index in [0.29, 0.717) is 11.3 Å². The van der Waals surface area contributed by atoms with Crippen LogP contribution in [0.4, 0.5) is 0 Å². The lowest BCUT2D eigenvalue weighted by molar-refractivity contribution is -0.269. The zero-order chi connectivity index (χ0) is 30.7. The molecule has 1 aromatic carbocycles. The fourth-order valence-corrected chi connectivity index (χ4v) is 4.91. The molecule has 2 aromatic heterocycles. The molecule has 15 nitrogen and oxygen atoms in total. The number of methoxy groups -OCH3 is 1. The Morgan fingerprint density at radius 1 is 0.881 bits per heavy atom. The Labute approximate surface area is 248 Å². The van der Waals surface area contributed by atoms with Gasteiger partial charge in [-0.15, -0.1) is 5.10 Å². The smallest absolute Gasteiger partial charge is 0.330 e. The molecule has 0 radical (unpaired) electrons. The first-order chi connectivity index (χ1) is 19.9. The number of nitrogens with zero attached hydrogens (tertiary/aromatic N) is 4. The molecule has 5 atom stereocenters. The van der Waals surface area contributed by atoms with E-state index in [9.17, 15) is 19.2 Å². The van der Waals surface area contributed by atoms with Crippen LogP contribution in [0, 0.1) is 9.54 Å². The molecule has 0 N–H and O–H groups in total. The number of fused-ring (bicyclic) bond motifs is 1. The van der Waals surface area contributed by atoms with E-state index in [1.54, 1.807) is 24.3 Å². The predicted molar refractivity (Wildman–Crippen MR) is 144 cm³/mol. The molecule has 1 aliphatic heterocycles. The molecule has 0 aliphatic carbocycles. The van der Waals surface area contributed by atoms with Crippen LogP contribution >= 0.6 is 24.4 Å². The molecule has 3 heterocycles. The summed E-state index contributed by atoms with van der Waals surface area (Å²) in [6, 6.07) is 6.87. The van der Waals surface area contributed by atoms with Crippen LogP contribution in [0.1, 0.15) is 33.9 Å². The molecule has 224 valence electrons. The molecule has 0 spiro atoms. The maximum atomic E-state index is 12.2. The predicted octanol–water partition coefficient (Wildman–Crippen LogP) is 2.51. The van der Waals surface area contributed by atoms with Gasteiger partial charge in [0.1, 0.15) is 18.5 Å². The van der Waals surface area contributed by atoms with Gasteiger partial charge in [0.05, 0.1) is 7.11 Å². The second-order valence-electron chi connectivity index (χ2n) is 8.97. The maximum absolute atomic E-state index is 12.2. The zero-order valence-electron chi connectivity index (χ0n) is 23.0. The van der Waals surface area contributed by atoms with Gasteiger partial charge >= 0.3 is 29.7 Å². The van der Waals surface area contributed by atoms with Crippen LogP contribution in [0.5, 0.6) is 5.75 Å². The number of benzene rings is 1. The number of carbonyl (C=O) groups excluding carboxylic acids is 4. The molecule has 0 amide bonds.